The third kappa shape index (κ3) is 3.48. The molecule has 2 nitrogen and oxygen atoms in total. The first kappa shape index (κ1) is 13.9. The molecule has 0 spiro atoms. The van der Waals surface area contributed by atoms with E-state index in [1.54, 1.807) is 0 Å². The first-order valence-electron chi connectivity index (χ1n) is 7.02. The molecule has 0 bridgehead atoms. The number of aromatic nitrogens is 1. The van der Waals surface area contributed by atoms with Crippen molar-refractivity contribution >= 4 is 11.8 Å². The minimum absolute atomic E-state index is 0.369. The van der Waals surface area contributed by atoms with Gasteiger partial charge in [-0.1, -0.05) is 26.2 Å². The van der Waals surface area contributed by atoms with Crippen LogP contribution in [0.1, 0.15) is 62.7 Å². The van der Waals surface area contributed by atoms with E-state index in [9.17, 15) is 5.11 Å². The van der Waals surface area contributed by atoms with Gasteiger partial charge in [0.15, 0.2) is 0 Å². The lowest BCUT2D eigenvalue weighted by Crippen LogP contribution is -2.08. The normalized spacial score (nSPS) is 18.8. The number of thioether (sulfide) groups is 1. The summed E-state index contributed by atoms with van der Waals surface area (Å²) in [5, 5.41) is 11.7. The minimum Gasteiger partial charge on any atom is -0.388 e. The average Bonchev–Trinajstić information content (AvgIpc) is 2.39. The van der Waals surface area contributed by atoms with Crippen LogP contribution in [0.4, 0.5) is 0 Å². The van der Waals surface area contributed by atoms with Gasteiger partial charge in [0.25, 0.3) is 0 Å². The first-order chi connectivity index (χ1) is 8.70. The largest absolute Gasteiger partial charge is 0.388 e. The Labute approximate surface area is 114 Å². The predicted octanol–water partition coefficient (Wildman–Crippen LogP) is 4.26. The molecule has 2 rings (SSSR count). The molecule has 1 saturated carbocycles. The van der Waals surface area contributed by atoms with Crippen molar-refractivity contribution in [2.24, 2.45) is 0 Å². The van der Waals surface area contributed by atoms with Crippen molar-refractivity contribution in [1.29, 1.82) is 0 Å². The van der Waals surface area contributed by atoms with Crippen LogP contribution in [0.3, 0.4) is 0 Å². The lowest BCUT2D eigenvalue weighted by Gasteiger charge is -2.21. The Morgan fingerprint density at radius 2 is 2.11 bits per heavy atom. The average molecular weight is 265 g/mol. The van der Waals surface area contributed by atoms with E-state index in [4.69, 9.17) is 0 Å². The van der Waals surface area contributed by atoms with Gasteiger partial charge in [-0.2, -0.15) is 0 Å². The number of aliphatic hydroxyl groups excluding tert-OH is 1. The molecule has 1 aliphatic rings. The second kappa shape index (κ2) is 6.58. The number of aryl methyl sites for hydroxylation is 1. The summed E-state index contributed by atoms with van der Waals surface area (Å²) in [6.07, 6.45) is 9.01. The van der Waals surface area contributed by atoms with Gasteiger partial charge in [0.1, 0.15) is 0 Å². The van der Waals surface area contributed by atoms with Gasteiger partial charge < -0.3 is 5.11 Å². The minimum atomic E-state index is -0.369. The van der Waals surface area contributed by atoms with Crippen LogP contribution in [0.2, 0.25) is 0 Å². The summed E-state index contributed by atoms with van der Waals surface area (Å²) in [4.78, 5) is 4.51. The van der Waals surface area contributed by atoms with Crippen LogP contribution in [-0.4, -0.2) is 15.3 Å². The zero-order valence-corrected chi connectivity index (χ0v) is 12.2. The van der Waals surface area contributed by atoms with Gasteiger partial charge in [-0.15, -0.1) is 11.8 Å². The quantitative estimate of drug-likeness (QED) is 0.883. The smallest absolute Gasteiger partial charge is 0.0965 e. The highest BCUT2D eigenvalue weighted by molar-refractivity contribution is 7.99. The molecule has 1 atom stereocenters. The van der Waals surface area contributed by atoms with Crippen molar-refractivity contribution in [3.05, 3.63) is 23.4 Å². The summed E-state index contributed by atoms with van der Waals surface area (Å²) in [6, 6.07) is 2.13. The standard InChI is InChI=1S/C15H23NOS/c1-3-14(17)13-10-16-15(9-11(13)2)18-12-7-5-4-6-8-12/h9-10,12,14,17H,3-8H2,1-2H3/t14-/m1/s1. The zero-order chi connectivity index (χ0) is 13.0. The molecule has 0 amide bonds. The van der Waals surface area contributed by atoms with Gasteiger partial charge >= 0.3 is 0 Å². The van der Waals surface area contributed by atoms with E-state index in [0.717, 1.165) is 27.8 Å². The second-order valence-electron chi connectivity index (χ2n) is 5.18. The number of aliphatic hydroxyl groups is 1. The van der Waals surface area contributed by atoms with E-state index < -0.39 is 0 Å². The van der Waals surface area contributed by atoms with E-state index in [1.165, 1.54) is 32.1 Å². The maximum atomic E-state index is 9.88. The van der Waals surface area contributed by atoms with E-state index >= 15 is 0 Å². The summed E-state index contributed by atoms with van der Waals surface area (Å²) in [7, 11) is 0. The van der Waals surface area contributed by atoms with Crippen molar-refractivity contribution < 1.29 is 5.11 Å². The van der Waals surface area contributed by atoms with Gasteiger partial charge in [0.05, 0.1) is 11.1 Å². The third-order valence-corrected chi connectivity index (χ3v) is 4.98. The maximum Gasteiger partial charge on any atom is 0.0965 e. The van der Waals surface area contributed by atoms with Crippen molar-refractivity contribution in [3.63, 3.8) is 0 Å². The van der Waals surface area contributed by atoms with E-state index in [2.05, 4.69) is 18.0 Å². The number of pyridine rings is 1. The fourth-order valence-electron chi connectivity index (χ4n) is 2.53. The highest BCUT2D eigenvalue weighted by Crippen LogP contribution is 2.33. The Morgan fingerprint density at radius 1 is 1.39 bits per heavy atom. The number of hydrogen-bond acceptors (Lipinski definition) is 3. The van der Waals surface area contributed by atoms with Gasteiger partial charge in [-0.3, -0.25) is 0 Å². The molecule has 0 aromatic carbocycles. The number of hydrogen-bond donors (Lipinski definition) is 1. The van der Waals surface area contributed by atoms with Gasteiger partial charge in [-0.05, 0) is 37.8 Å². The Bertz CT molecular complexity index is 388. The van der Waals surface area contributed by atoms with E-state index in [1.807, 2.05) is 24.9 Å². The molecule has 0 unspecified atom stereocenters. The number of rotatable bonds is 4. The van der Waals surface area contributed by atoms with Gasteiger partial charge in [-0.25, -0.2) is 4.98 Å². The molecule has 1 heterocycles. The van der Waals surface area contributed by atoms with Crippen LogP contribution in [0.5, 0.6) is 0 Å². The highest BCUT2D eigenvalue weighted by Gasteiger charge is 2.16. The third-order valence-electron chi connectivity index (χ3n) is 3.71. The predicted molar refractivity (Wildman–Crippen MR) is 77.0 cm³/mol. The Kier molecular flexibility index (Phi) is 5.07. The lowest BCUT2D eigenvalue weighted by atomic mass is 10.0. The van der Waals surface area contributed by atoms with Crippen molar-refractivity contribution in [3.8, 4) is 0 Å². The molecular weight excluding hydrogens is 242 g/mol. The molecular formula is C15H23NOS. The Hall–Kier alpha value is -0.540. The molecule has 3 heteroatoms. The van der Waals surface area contributed by atoms with Crippen LogP contribution in [0, 0.1) is 6.92 Å². The monoisotopic (exact) mass is 265 g/mol. The van der Waals surface area contributed by atoms with E-state index in [-0.39, 0.29) is 6.10 Å². The van der Waals surface area contributed by atoms with Gasteiger partial charge in [0.2, 0.25) is 0 Å². The summed E-state index contributed by atoms with van der Waals surface area (Å²) in [5.74, 6) is 0. The highest BCUT2D eigenvalue weighted by atomic mass is 32.2. The fraction of sp³-hybridized carbons (Fsp3) is 0.667. The zero-order valence-electron chi connectivity index (χ0n) is 11.4. The molecule has 1 fully saturated rings. The van der Waals surface area contributed by atoms with Crippen LogP contribution in [0.15, 0.2) is 17.3 Å². The summed E-state index contributed by atoms with van der Waals surface area (Å²) in [6.45, 7) is 4.07. The summed E-state index contributed by atoms with van der Waals surface area (Å²) >= 11 is 1.91. The summed E-state index contributed by atoms with van der Waals surface area (Å²) in [5.41, 5.74) is 2.14. The van der Waals surface area contributed by atoms with Crippen molar-refractivity contribution in [2.75, 3.05) is 0 Å². The van der Waals surface area contributed by atoms with E-state index in [0.29, 0.717) is 0 Å². The first-order valence-corrected chi connectivity index (χ1v) is 7.90. The molecule has 1 aromatic rings. The maximum absolute atomic E-state index is 9.88. The molecule has 0 radical (unpaired) electrons. The van der Waals surface area contributed by atoms with Crippen LogP contribution in [0.25, 0.3) is 0 Å². The molecule has 100 valence electrons. The topological polar surface area (TPSA) is 33.1 Å². The van der Waals surface area contributed by atoms with Crippen LogP contribution >= 0.6 is 11.8 Å². The second-order valence-corrected chi connectivity index (χ2v) is 6.50. The number of nitrogens with zero attached hydrogens (tertiary/aromatic N) is 1. The van der Waals surface area contributed by atoms with Crippen LogP contribution in [-0.2, 0) is 0 Å². The lowest BCUT2D eigenvalue weighted by molar-refractivity contribution is 0.172. The van der Waals surface area contributed by atoms with Gasteiger partial charge in [0, 0.05) is 17.0 Å². The molecule has 1 aromatic heterocycles. The molecule has 1 aliphatic carbocycles. The molecule has 1 N–H and O–H groups in total. The molecule has 18 heavy (non-hydrogen) atoms. The van der Waals surface area contributed by atoms with Crippen LogP contribution < -0.4 is 0 Å². The van der Waals surface area contributed by atoms with Crippen molar-refractivity contribution in [1.82, 2.24) is 4.98 Å². The SMILES string of the molecule is CC[C@@H](O)c1cnc(SC2CCCCC2)cc1C. The molecule has 0 saturated heterocycles. The summed E-state index contributed by atoms with van der Waals surface area (Å²) < 4.78 is 0. The fourth-order valence-corrected chi connectivity index (χ4v) is 3.80. The molecule has 0 aliphatic heterocycles. The van der Waals surface area contributed by atoms with Crippen molar-refractivity contribution in [2.45, 2.75) is 68.8 Å². The Balaban J connectivity index is 2.03. The Morgan fingerprint density at radius 3 is 2.72 bits per heavy atom.